The Balaban J connectivity index is 1.46. The summed E-state index contributed by atoms with van der Waals surface area (Å²) in [4.78, 5) is 28.7. The molecule has 0 saturated carbocycles. The van der Waals surface area contributed by atoms with Gasteiger partial charge in [-0.25, -0.2) is 4.98 Å². The minimum atomic E-state index is -0.159. The molecule has 7 nitrogen and oxygen atoms in total. The van der Waals surface area contributed by atoms with Gasteiger partial charge >= 0.3 is 0 Å². The first-order valence-electron chi connectivity index (χ1n) is 8.92. The molecule has 28 heavy (non-hydrogen) atoms. The summed E-state index contributed by atoms with van der Waals surface area (Å²) in [7, 11) is 0. The molecular weight excluding hydrogens is 376 g/mol. The van der Waals surface area contributed by atoms with Crippen molar-refractivity contribution in [3.05, 3.63) is 58.9 Å². The predicted octanol–water partition coefficient (Wildman–Crippen LogP) is 3.43. The number of anilines is 1. The van der Waals surface area contributed by atoms with Gasteiger partial charge in [0.2, 0.25) is 11.3 Å². The first-order valence-corrected chi connectivity index (χ1v) is 9.74. The van der Waals surface area contributed by atoms with Gasteiger partial charge in [-0.2, -0.15) is 5.10 Å². The average Bonchev–Trinajstić information content (AvgIpc) is 3.09. The van der Waals surface area contributed by atoms with Crippen molar-refractivity contribution < 1.29 is 9.53 Å². The van der Waals surface area contributed by atoms with Crippen molar-refractivity contribution in [1.29, 1.82) is 0 Å². The molecule has 2 heterocycles. The van der Waals surface area contributed by atoms with Crippen LogP contribution in [0.15, 0.2) is 53.5 Å². The maximum Gasteiger partial charge on any atom is 0.228 e. The number of carbonyl (C=O) groups is 1. The van der Waals surface area contributed by atoms with Gasteiger partial charge in [0.1, 0.15) is 5.75 Å². The molecule has 0 spiro atoms. The van der Waals surface area contributed by atoms with Crippen molar-refractivity contribution in [2.24, 2.45) is 0 Å². The number of carbonyl (C=O) groups excluding carboxylic acids is 1. The molecule has 0 aliphatic heterocycles. The molecule has 0 saturated heterocycles. The van der Waals surface area contributed by atoms with Crippen LogP contribution in [0, 0.1) is 0 Å². The van der Waals surface area contributed by atoms with Gasteiger partial charge in [0.15, 0.2) is 5.13 Å². The lowest BCUT2D eigenvalue weighted by atomic mass is 10.2. The molecule has 2 aromatic heterocycles. The Bertz CT molecular complexity index is 1220. The third-order valence-electron chi connectivity index (χ3n) is 4.23. The van der Waals surface area contributed by atoms with E-state index in [4.69, 9.17) is 4.74 Å². The number of aryl methyl sites for hydroxylation is 1. The highest BCUT2D eigenvalue weighted by Gasteiger charge is 2.10. The first-order chi connectivity index (χ1) is 13.6. The molecule has 8 heteroatoms. The van der Waals surface area contributed by atoms with Crippen molar-refractivity contribution >= 4 is 43.5 Å². The number of fused-ring (bicyclic) bond motifs is 2. The van der Waals surface area contributed by atoms with E-state index < -0.39 is 0 Å². The zero-order valence-corrected chi connectivity index (χ0v) is 16.0. The lowest BCUT2D eigenvalue weighted by Crippen LogP contribution is -2.17. The third kappa shape index (κ3) is 3.72. The topological polar surface area (TPSA) is 86.1 Å². The molecule has 0 fully saturated rings. The molecule has 2 aromatic carbocycles. The summed E-state index contributed by atoms with van der Waals surface area (Å²) in [5, 5.41) is 8.12. The number of benzene rings is 2. The number of nitrogens with one attached hydrogen (secondary N) is 1. The lowest BCUT2D eigenvalue weighted by Gasteiger charge is -2.08. The van der Waals surface area contributed by atoms with Crippen LogP contribution >= 0.6 is 11.3 Å². The molecular formula is C20H18N4O3S. The van der Waals surface area contributed by atoms with Gasteiger partial charge in [0.05, 0.1) is 35.1 Å². The highest BCUT2D eigenvalue weighted by molar-refractivity contribution is 7.22. The average molecular weight is 394 g/mol. The SMILES string of the molecule is CCOc1ccc2nc(NC(=O)CCn3ncc(=O)c4ccccc43)sc2c1. The maximum atomic E-state index is 12.4. The van der Waals surface area contributed by atoms with E-state index in [9.17, 15) is 9.59 Å². The second kappa shape index (κ2) is 7.77. The van der Waals surface area contributed by atoms with Gasteiger partial charge in [-0.3, -0.25) is 14.3 Å². The zero-order valence-electron chi connectivity index (χ0n) is 15.2. The van der Waals surface area contributed by atoms with Crippen LogP contribution < -0.4 is 15.5 Å². The second-order valence-electron chi connectivity index (χ2n) is 6.13. The molecule has 0 aliphatic rings. The summed E-state index contributed by atoms with van der Waals surface area (Å²) in [6.45, 7) is 2.90. The molecule has 0 radical (unpaired) electrons. The third-order valence-corrected chi connectivity index (χ3v) is 5.16. The molecule has 1 amide bonds. The van der Waals surface area contributed by atoms with E-state index in [1.54, 1.807) is 10.7 Å². The van der Waals surface area contributed by atoms with Crippen LogP contribution in [0.4, 0.5) is 5.13 Å². The summed E-state index contributed by atoms with van der Waals surface area (Å²) in [5.74, 6) is 0.626. The molecule has 4 rings (SSSR count). The molecule has 0 atom stereocenters. The second-order valence-corrected chi connectivity index (χ2v) is 7.16. The Morgan fingerprint density at radius 1 is 1.25 bits per heavy atom. The summed E-state index contributed by atoms with van der Waals surface area (Å²) < 4.78 is 8.12. The van der Waals surface area contributed by atoms with Gasteiger partial charge in [-0.1, -0.05) is 23.5 Å². The Labute approximate surface area is 164 Å². The monoisotopic (exact) mass is 394 g/mol. The van der Waals surface area contributed by atoms with Crippen molar-refractivity contribution in [3.8, 4) is 5.75 Å². The number of rotatable bonds is 6. The summed E-state index contributed by atoms with van der Waals surface area (Å²) in [6, 6.07) is 12.9. The first kappa shape index (κ1) is 18.1. The van der Waals surface area contributed by atoms with Crippen LogP contribution in [-0.2, 0) is 11.3 Å². The summed E-state index contributed by atoms with van der Waals surface area (Å²) >= 11 is 1.41. The standard InChI is InChI=1S/C20H18N4O3S/c1-2-27-13-7-8-15-18(11-13)28-20(22-15)23-19(26)9-10-24-16-6-4-3-5-14(16)17(25)12-21-24/h3-8,11-12H,2,9-10H2,1H3,(H,22,23,26). The number of thiazole rings is 1. The normalized spacial score (nSPS) is 11.0. The Morgan fingerprint density at radius 3 is 2.96 bits per heavy atom. The minimum Gasteiger partial charge on any atom is -0.494 e. The summed E-state index contributed by atoms with van der Waals surface area (Å²) in [6.07, 6.45) is 1.50. The van der Waals surface area contributed by atoms with E-state index in [0.717, 1.165) is 16.0 Å². The number of hydrogen-bond donors (Lipinski definition) is 1. The number of para-hydroxylation sites is 1. The van der Waals surface area contributed by atoms with Crippen molar-refractivity contribution in [1.82, 2.24) is 14.8 Å². The molecule has 1 N–H and O–H groups in total. The fourth-order valence-corrected chi connectivity index (χ4v) is 3.85. The van der Waals surface area contributed by atoms with Crippen LogP contribution in [0.25, 0.3) is 21.1 Å². The minimum absolute atomic E-state index is 0.128. The van der Waals surface area contributed by atoms with E-state index in [1.165, 1.54) is 17.5 Å². The fraction of sp³-hybridized carbons (Fsp3) is 0.200. The number of hydrogen-bond acceptors (Lipinski definition) is 6. The molecule has 0 aliphatic carbocycles. The van der Waals surface area contributed by atoms with Crippen LogP contribution in [0.2, 0.25) is 0 Å². The van der Waals surface area contributed by atoms with Crippen LogP contribution in [0.3, 0.4) is 0 Å². The van der Waals surface area contributed by atoms with E-state index in [2.05, 4.69) is 15.4 Å². The predicted molar refractivity (Wildman–Crippen MR) is 110 cm³/mol. The Hall–Kier alpha value is -3.26. The summed E-state index contributed by atoms with van der Waals surface area (Å²) in [5.41, 5.74) is 1.40. The van der Waals surface area contributed by atoms with Gasteiger partial charge in [0, 0.05) is 11.8 Å². The van der Waals surface area contributed by atoms with E-state index in [0.29, 0.717) is 29.2 Å². The van der Waals surface area contributed by atoms with E-state index in [-0.39, 0.29) is 17.8 Å². The van der Waals surface area contributed by atoms with E-state index >= 15 is 0 Å². The van der Waals surface area contributed by atoms with Crippen LogP contribution in [-0.4, -0.2) is 27.3 Å². The number of ether oxygens (including phenoxy) is 1. The Kier molecular flexibility index (Phi) is 5.03. The fourth-order valence-electron chi connectivity index (χ4n) is 2.94. The number of amides is 1. The highest BCUT2D eigenvalue weighted by atomic mass is 32.1. The smallest absolute Gasteiger partial charge is 0.228 e. The molecule has 142 valence electrons. The van der Waals surface area contributed by atoms with Crippen LogP contribution in [0.1, 0.15) is 13.3 Å². The number of aromatic nitrogens is 3. The van der Waals surface area contributed by atoms with Gasteiger partial charge < -0.3 is 10.1 Å². The molecule has 0 unspecified atom stereocenters. The van der Waals surface area contributed by atoms with Gasteiger partial charge in [0.25, 0.3) is 0 Å². The highest BCUT2D eigenvalue weighted by Crippen LogP contribution is 2.29. The zero-order chi connectivity index (χ0) is 19.5. The van der Waals surface area contributed by atoms with Crippen molar-refractivity contribution in [3.63, 3.8) is 0 Å². The van der Waals surface area contributed by atoms with Gasteiger partial charge in [-0.05, 0) is 37.3 Å². The van der Waals surface area contributed by atoms with Gasteiger partial charge in [-0.15, -0.1) is 0 Å². The quantitative estimate of drug-likeness (QED) is 0.541. The number of nitrogens with zero attached hydrogens (tertiary/aromatic N) is 3. The van der Waals surface area contributed by atoms with Crippen LogP contribution in [0.5, 0.6) is 5.75 Å². The maximum absolute atomic E-state index is 12.4. The Morgan fingerprint density at radius 2 is 2.11 bits per heavy atom. The van der Waals surface area contributed by atoms with Crippen molar-refractivity contribution in [2.75, 3.05) is 11.9 Å². The molecule has 0 bridgehead atoms. The molecule has 4 aromatic rings. The van der Waals surface area contributed by atoms with Crippen molar-refractivity contribution in [2.45, 2.75) is 19.9 Å². The lowest BCUT2D eigenvalue weighted by molar-refractivity contribution is -0.116. The van der Waals surface area contributed by atoms with E-state index in [1.807, 2.05) is 43.3 Å². The largest absolute Gasteiger partial charge is 0.494 e.